The molecule has 2 aromatic rings. The Morgan fingerprint density at radius 1 is 1.37 bits per heavy atom. The van der Waals surface area contributed by atoms with E-state index in [1.54, 1.807) is 13.3 Å². The van der Waals surface area contributed by atoms with Crippen LogP contribution in [-0.4, -0.2) is 24.7 Å². The summed E-state index contributed by atoms with van der Waals surface area (Å²) < 4.78 is 5.23. The zero-order valence-corrected chi connectivity index (χ0v) is 11.5. The molecule has 0 saturated carbocycles. The van der Waals surface area contributed by atoms with Gasteiger partial charge in [0.25, 0.3) is 0 Å². The monoisotopic (exact) mass is 259 g/mol. The highest BCUT2D eigenvalue weighted by Crippen LogP contribution is 2.25. The molecule has 1 unspecified atom stereocenters. The third kappa shape index (κ3) is 3.35. The molecule has 0 aliphatic rings. The highest BCUT2D eigenvalue weighted by atomic mass is 16.5. The summed E-state index contributed by atoms with van der Waals surface area (Å²) in [4.78, 5) is 4.39. The van der Waals surface area contributed by atoms with Crippen LogP contribution in [0.3, 0.4) is 0 Å². The average molecular weight is 259 g/mol. The number of nitrogens with one attached hydrogen (secondary N) is 1. The van der Waals surface area contributed by atoms with Crippen LogP contribution >= 0.6 is 0 Å². The molecule has 102 valence electrons. The molecule has 1 aromatic heterocycles. The Labute approximate surface area is 114 Å². The molecule has 0 aliphatic carbocycles. The van der Waals surface area contributed by atoms with E-state index in [-0.39, 0.29) is 6.04 Å². The number of pyridine rings is 1. The number of ether oxygens (including phenoxy) is 1. The molecule has 0 radical (unpaired) electrons. The van der Waals surface area contributed by atoms with E-state index in [2.05, 4.69) is 17.2 Å². The van der Waals surface area contributed by atoms with Gasteiger partial charge in [-0.05, 0) is 36.1 Å². The van der Waals surface area contributed by atoms with Crippen molar-refractivity contribution in [3.05, 3.63) is 30.5 Å². The van der Waals surface area contributed by atoms with E-state index < -0.39 is 0 Å². The van der Waals surface area contributed by atoms with Crippen LogP contribution in [0.25, 0.3) is 10.8 Å². The smallest absolute Gasteiger partial charge is 0.133 e. The van der Waals surface area contributed by atoms with Gasteiger partial charge in [-0.15, -0.1) is 0 Å². The number of hydrogen-bond acceptors (Lipinski definition) is 4. The van der Waals surface area contributed by atoms with Gasteiger partial charge in [0, 0.05) is 24.2 Å². The molecule has 0 spiro atoms. The Balaban J connectivity index is 2.19. The minimum atomic E-state index is 0.167. The second kappa shape index (κ2) is 6.38. The van der Waals surface area contributed by atoms with Crippen molar-refractivity contribution in [2.24, 2.45) is 5.73 Å². The lowest BCUT2D eigenvalue weighted by atomic mass is 10.1. The van der Waals surface area contributed by atoms with Gasteiger partial charge in [0.15, 0.2) is 0 Å². The molecule has 1 aromatic carbocycles. The number of methoxy groups -OCH3 is 1. The molecule has 3 N–H and O–H groups in total. The van der Waals surface area contributed by atoms with Gasteiger partial charge in [-0.25, -0.2) is 4.98 Å². The molecule has 4 nitrogen and oxygen atoms in total. The Kier molecular flexibility index (Phi) is 4.58. The van der Waals surface area contributed by atoms with E-state index in [1.165, 1.54) is 0 Å². The second-order valence-corrected chi connectivity index (χ2v) is 4.68. The van der Waals surface area contributed by atoms with E-state index in [9.17, 15) is 0 Å². The number of rotatable bonds is 6. The van der Waals surface area contributed by atoms with E-state index in [1.807, 2.05) is 24.3 Å². The first-order chi connectivity index (χ1) is 9.24. The van der Waals surface area contributed by atoms with Crippen LogP contribution in [0.15, 0.2) is 30.5 Å². The van der Waals surface area contributed by atoms with Crippen molar-refractivity contribution >= 4 is 16.6 Å². The van der Waals surface area contributed by atoms with Crippen LogP contribution in [0.1, 0.15) is 19.8 Å². The molecule has 0 bridgehead atoms. The molecule has 0 aliphatic heterocycles. The third-order valence-electron chi connectivity index (χ3n) is 3.16. The SMILES string of the molecule is CCCC(N)CNc1nccc2cc(OC)ccc12. The van der Waals surface area contributed by atoms with E-state index >= 15 is 0 Å². The molecule has 4 heteroatoms. The standard InChI is InChI=1S/C15H21N3O/c1-3-4-12(16)10-18-15-14-6-5-13(19-2)9-11(14)7-8-17-15/h5-9,12H,3-4,10,16H2,1-2H3,(H,17,18). The van der Waals surface area contributed by atoms with Crippen LogP contribution in [0.5, 0.6) is 5.75 Å². The minimum Gasteiger partial charge on any atom is -0.497 e. The normalized spacial score (nSPS) is 12.4. The van der Waals surface area contributed by atoms with Gasteiger partial charge in [-0.3, -0.25) is 0 Å². The predicted molar refractivity (Wildman–Crippen MR) is 79.7 cm³/mol. The molecule has 0 amide bonds. The lowest BCUT2D eigenvalue weighted by Crippen LogP contribution is -2.29. The lowest BCUT2D eigenvalue weighted by molar-refractivity contribution is 0.415. The summed E-state index contributed by atoms with van der Waals surface area (Å²) in [7, 11) is 1.67. The first-order valence-electron chi connectivity index (χ1n) is 6.66. The molecular formula is C15H21N3O. The summed E-state index contributed by atoms with van der Waals surface area (Å²) >= 11 is 0. The number of nitrogens with two attached hydrogens (primary N) is 1. The van der Waals surface area contributed by atoms with Crippen LogP contribution in [0.2, 0.25) is 0 Å². The molecule has 19 heavy (non-hydrogen) atoms. The molecular weight excluding hydrogens is 238 g/mol. The fourth-order valence-electron chi connectivity index (χ4n) is 2.12. The number of fused-ring (bicyclic) bond motifs is 1. The fourth-order valence-corrected chi connectivity index (χ4v) is 2.12. The van der Waals surface area contributed by atoms with E-state index in [0.29, 0.717) is 0 Å². The Morgan fingerprint density at radius 2 is 2.21 bits per heavy atom. The average Bonchev–Trinajstić information content (AvgIpc) is 2.44. The number of nitrogens with zero attached hydrogens (tertiary/aromatic N) is 1. The van der Waals surface area contributed by atoms with E-state index in [0.717, 1.165) is 41.7 Å². The molecule has 1 heterocycles. The molecule has 2 rings (SSSR count). The Bertz CT molecular complexity index is 542. The second-order valence-electron chi connectivity index (χ2n) is 4.68. The molecule has 0 fully saturated rings. The highest BCUT2D eigenvalue weighted by molar-refractivity contribution is 5.92. The summed E-state index contributed by atoms with van der Waals surface area (Å²) in [6.07, 6.45) is 3.92. The predicted octanol–water partition coefficient (Wildman–Crippen LogP) is 2.78. The maximum Gasteiger partial charge on any atom is 0.133 e. The highest BCUT2D eigenvalue weighted by Gasteiger charge is 2.05. The van der Waals surface area contributed by atoms with Crippen molar-refractivity contribution < 1.29 is 4.74 Å². The Hall–Kier alpha value is -1.81. The van der Waals surface area contributed by atoms with Gasteiger partial charge in [0.1, 0.15) is 11.6 Å². The van der Waals surface area contributed by atoms with Gasteiger partial charge in [0.05, 0.1) is 7.11 Å². The van der Waals surface area contributed by atoms with Crippen molar-refractivity contribution in [1.82, 2.24) is 4.98 Å². The quantitative estimate of drug-likeness (QED) is 0.837. The van der Waals surface area contributed by atoms with Gasteiger partial charge in [-0.1, -0.05) is 13.3 Å². The molecule has 0 saturated heterocycles. The van der Waals surface area contributed by atoms with Crippen LogP contribution < -0.4 is 15.8 Å². The number of benzene rings is 1. The van der Waals surface area contributed by atoms with Crippen molar-refractivity contribution in [2.45, 2.75) is 25.8 Å². The number of aromatic nitrogens is 1. The third-order valence-corrected chi connectivity index (χ3v) is 3.16. The van der Waals surface area contributed by atoms with Crippen LogP contribution in [0, 0.1) is 0 Å². The van der Waals surface area contributed by atoms with Crippen molar-refractivity contribution in [1.29, 1.82) is 0 Å². The maximum atomic E-state index is 6.01. The largest absolute Gasteiger partial charge is 0.497 e. The van der Waals surface area contributed by atoms with Crippen molar-refractivity contribution in [3.8, 4) is 5.75 Å². The van der Waals surface area contributed by atoms with Crippen molar-refractivity contribution in [2.75, 3.05) is 19.0 Å². The maximum absolute atomic E-state index is 6.01. The summed E-state index contributed by atoms with van der Waals surface area (Å²) in [6.45, 7) is 2.88. The van der Waals surface area contributed by atoms with E-state index in [4.69, 9.17) is 10.5 Å². The Morgan fingerprint density at radius 3 is 2.95 bits per heavy atom. The summed E-state index contributed by atoms with van der Waals surface area (Å²) in [5, 5.41) is 5.53. The summed E-state index contributed by atoms with van der Waals surface area (Å²) in [5.41, 5.74) is 6.01. The first kappa shape index (κ1) is 13.6. The van der Waals surface area contributed by atoms with Gasteiger partial charge < -0.3 is 15.8 Å². The fraction of sp³-hybridized carbons (Fsp3) is 0.400. The number of hydrogen-bond donors (Lipinski definition) is 2. The molecule has 1 atom stereocenters. The van der Waals surface area contributed by atoms with Crippen molar-refractivity contribution in [3.63, 3.8) is 0 Å². The van der Waals surface area contributed by atoms with Gasteiger partial charge in [0.2, 0.25) is 0 Å². The topological polar surface area (TPSA) is 60.2 Å². The van der Waals surface area contributed by atoms with Crippen LogP contribution in [-0.2, 0) is 0 Å². The zero-order valence-electron chi connectivity index (χ0n) is 11.5. The first-order valence-corrected chi connectivity index (χ1v) is 6.66. The van der Waals surface area contributed by atoms with Crippen LogP contribution in [0.4, 0.5) is 5.82 Å². The van der Waals surface area contributed by atoms with Gasteiger partial charge >= 0.3 is 0 Å². The number of anilines is 1. The van der Waals surface area contributed by atoms with Gasteiger partial charge in [-0.2, -0.15) is 0 Å². The minimum absolute atomic E-state index is 0.167. The lowest BCUT2D eigenvalue weighted by Gasteiger charge is -2.13. The summed E-state index contributed by atoms with van der Waals surface area (Å²) in [6, 6.07) is 8.12. The zero-order chi connectivity index (χ0) is 13.7. The summed E-state index contributed by atoms with van der Waals surface area (Å²) in [5.74, 6) is 1.74.